The van der Waals surface area contributed by atoms with Gasteiger partial charge in [0.05, 0.1) is 0 Å². The molecule has 0 saturated heterocycles. The van der Waals surface area contributed by atoms with E-state index in [0.717, 1.165) is 0 Å². The standard InChI is InChI=1S/C4H9.3C2H6O.Zr/c1-4(2)3;3*1-2-3;/h1-3H3;3*3H,2H2,1H3;/q-1;;;;. The van der Waals surface area contributed by atoms with E-state index < -0.39 is 0 Å². The predicted octanol–water partition coefficient (Wildman–Crippen LogP) is 1.61. The van der Waals surface area contributed by atoms with Crippen LogP contribution >= 0.6 is 0 Å². The van der Waals surface area contributed by atoms with Gasteiger partial charge >= 0.3 is 0 Å². The molecule has 14 heavy (non-hydrogen) atoms. The Hall–Kier alpha value is 0.763. The molecular formula is C10H27O3Zr-. The maximum Gasteiger partial charge on any atom is 0.0402 e. The largest absolute Gasteiger partial charge is 0.397 e. The summed E-state index contributed by atoms with van der Waals surface area (Å²) < 4.78 is 0. The summed E-state index contributed by atoms with van der Waals surface area (Å²) in [6, 6.07) is 0. The number of hydrogen-bond acceptors (Lipinski definition) is 3. The van der Waals surface area contributed by atoms with Crippen LogP contribution in [0.2, 0.25) is 0 Å². The van der Waals surface area contributed by atoms with Gasteiger partial charge in [-0.2, -0.15) is 20.8 Å². The van der Waals surface area contributed by atoms with E-state index in [0.29, 0.717) is 0 Å². The molecular weight excluding hydrogens is 259 g/mol. The third-order valence-electron chi connectivity index (χ3n) is 0. The molecule has 0 aliphatic heterocycles. The van der Waals surface area contributed by atoms with Gasteiger partial charge in [-0.05, 0) is 20.8 Å². The van der Waals surface area contributed by atoms with Crippen LogP contribution in [0.1, 0.15) is 41.5 Å². The van der Waals surface area contributed by atoms with Crippen LogP contribution in [0.25, 0.3) is 0 Å². The fraction of sp³-hybridized carbons (Fsp3) is 0.900. The van der Waals surface area contributed by atoms with Gasteiger partial charge in [-0.15, -0.1) is 0 Å². The summed E-state index contributed by atoms with van der Waals surface area (Å²) in [5.74, 6) is 1.42. The van der Waals surface area contributed by atoms with Crippen LogP contribution in [-0.4, -0.2) is 35.1 Å². The van der Waals surface area contributed by atoms with E-state index in [1.165, 1.54) is 5.92 Å². The fourth-order valence-electron chi connectivity index (χ4n) is 0. The molecule has 0 amide bonds. The van der Waals surface area contributed by atoms with Crippen molar-refractivity contribution in [1.82, 2.24) is 0 Å². The molecule has 3 N–H and O–H groups in total. The Morgan fingerprint density at radius 3 is 0.714 bits per heavy atom. The van der Waals surface area contributed by atoms with Crippen molar-refractivity contribution in [3.05, 3.63) is 5.92 Å². The van der Waals surface area contributed by atoms with Crippen LogP contribution in [0.4, 0.5) is 0 Å². The molecule has 0 aromatic heterocycles. The molecule has 3 nitrogen and oxygen atoms in total. The average molecular weight is 287 g/mol. The monoisotopic (exact) mass is 285 g/mol. The first-order valence-electron chi connectivity index (χ1n) is 4.57. The first-order chi connectivity index (χ1) is 5.97. The van der Waals surface area contributed by atoms with Crippen LogP contribution < -0.4 is 0 Å². The topological polar surface area (TPSA) is 60.7 Å². The summed E-state index contributed by atoms with van der Waals surface area (Å²) in [7, 11) is 0. The fourth-order valence-corrected chi connectivity index (χ4v) is 0. The van der Waals surface area contributed by atoms with Crippen LogP contribution in [0.3, 0.4) is 0 Å². The molecule has 0 aromatic rings. The van der Waals surface area contributed by atoms with Gasteiger partial charge in [0, 0.05) is 46.0 Å². The third-order valence-corrected chi connectivity index (χ3v) is 0. The molecule has 0 rings (SSSR count). The van der Waals surface area contributed by atoms with Gasteiger partial charge in [0.15, 0.2) is 0 Å². The molecule has 0 aliphatic rings. The van der Waals surface area contributed by atoms with Crippen LogP contribution in [0.5, 0.6) is 0 Å². The zero-order chi connectivity index (χ0) is 11.7. The summed E-state index contributed by atoms with van der Waals surface area (Å²) in [6.45, 7) is 12.0. The molecule has 0 radical (unpaired) electrons. The predicted molar refractivity (Wildman–Crippen MR) is 58.5 cm³/mol. The second-order valence-electron chi connectivity index (χ2n) is 2.45. The molecule has 0 atom stereocenters. The van der Waals surface area contributed by atoms with Gasteiger partial charge in [0.2, 0.25) is 0 Å². The number of aliphatic hydroxyl groups excluding tert-OH is 3. The summed E-state index contributed by atoms with van der Waals surface area (Å²) in [4.78, 5) is 0. The smallest absolute Gasteiger partial charge is 0.0402 e. The van der Waals surface area contributed by atoms with Crippen molar-refractivity contribution >= 4 is 0 Å². The molecule has 4 heteroatoms. The van der Waals surface area contributed by atoms with Crippen molar-refractivity contribution in [2.45, 2.75) is 41.5 Å². The van der Waals surface area contributed by atoms with Gasteiger partial charge in [0.25, 0.3) is 0 Å². The summed E-state index contributed by atoms with van der Waals surface area (Å²) in [6.07, 6.45) is 0. The number of aliphatic hydroxyl groups is 3. The Bertz CT molecular complexity index is 36.8. The Kier molecular flexibility index (Phi) is 103. The van der Waals surface area contributed by atoms with Gasteiger partial charge < -0.3 is 21.2 Å². The Morgan fingerprint density at radius 2 is 0.714 bits per heavy atom. The number of hydrogen-bond donors (Lipinski definition) is 3. The second kappa shape index (κ2) is 49.0. The maximum absolute atomic E-state index is 7.57. The molecule has 0 unspecified atom stereocenters. The Balaban J connectivity index is -0.0000000254. The third kappa shape index (κ3) is 3030. The summed E-state index contributed by atoms with van der Waals surface area (Å²) >= 11 is 0. The molecule has 0 spiro atoms. The van der Waals surface area contributed by atoms with Crippen molar-refractivity contribution in [2.75, 3.05) is 19.8 Å². The molecule has 0 fully saturated rings. The molecule has 0 aliphatic carbocycles. The summed E-state index contributed by atoms with van der Waals surface area (Å²) in [5, 5.41) is 22.7. The van der Waals surface area contributed by atoms with E-state index in [4.69, 9.17) is 15.3 Å². The quantitative estimate of drug-likeness (QED) is 0.593. The van der Waals surface area contributed by atoms with Gasteiger partial charge in [-0.25, -0.2) is 0 Å². The minimum Gasteiger partial charge on any atom is -0.397 e. The zero-order valence-electron chi connectivity index (χ0n) is 10.5. The molecule has 0 bridgehead atoms. The van der Waals surface area contributed by atoms with E-state index in [-0.39, 0.29) is 46.0 Å². The Morgan fingerprint density at radius 1 is 0.714 bits per heavy atom. The second-order valence-corrected chi connectivity index (χ2v) is 2.45. The van der Waals surface area contributed by atoms with E-state index in [1.807, 2.05) is 0 Å². The van der Waals surface area contributed by atoms with Crippen molar-refractivity contribution in [3.63, 3.8) is 0 Å². The van der Waals surface area contributed by atoms with E-state index >= 15 is 0 Å². The van der Waals surface area contributed by atoms with Crippen molar-refractivity contribution in [3.8, 4) is 0 Å². The average Bonchev–Trinajstić information content (AvgIpc) is 1.88. The normalized spacial score (nSPS) is 6.43. The van der Waals surface area contributed by atoms with E-state index in [2.05, 4.69) is 20.8 Å². The molecule has 0 heterocycles. The van der Waals surface area contributed by atoms with Crippen molar-refractivity contribution < 1.29 is 41.5 Å². The van der Waals surface area contributed by atoms with Crippen molar-refractivity contribution in [1.29, 1.82) is 0 Å². The first-order valence-corrected chi connectivity index (χ1v) is 4.57. The first kappa shape index (κ1) is 29.3. The Labute approximate surface area is 109 Å². The van der Waals surface area contributed by atoms with Gasteiger partial charge in [-0.1, -0.05) is 0 Å². The van der Waals surface area contributed by atoms with Crippen LogP contribution in [0.15, 0.2) is 0 Å². The molecule has 90 valence electrons. The van der Waals surface area contributed by atoms with Crippen LogP contribution in [0, 0.1) is 5.92 Å². The number of rotatable bonds is 0. The minimum absolute atomic E-state index is 0. The zero-order valence-corrected chi connectivity index (χ0v) is 12.9. The molecule has 0 aromatic carbocycles. The van der Waals surface area contributed by atoms with Gasteiger partial charge in [0.1, 0.15) is 0 Å². The summed E-state index contributed by atoms with van der Waals surface area (Å²) in [5.41, 5.74) is 0. The SMILES string of the molecule is CCO.CCO.CCO.C[C-](C)C.[Zr]. The maximum atomic E-state index is 7.57. The van der Waals surface area contributed by atoms with E-state index in [9.17, 15) is 0 Å². The van der Waals surface area contributed by atoms with E-state index in [1.54, 1.807) is 20.8 Å². The van der Waals surface area contributed by atoms with Crippen LogP contribution in [-0.2, 0) is 26.2 Å². The van der Waals surface area contributed by atoms with Gasteiger partial charge in [-0.3, -0.25) is 0 Å². The minimum atomic E-state index is 0. The van der Waals surface area contributed by atoms with Crippen molar-refractivity contribution in [2.24, 2.45) is 0 Å². The molecule has 0 saturated carbocycles.